The van der Waals surface area contributed by atoms with Crippen LogP contribution in [0.1, 0.15) is 5.89 Å². The van der Waals surface area contributed by atoms with E-state index in [0.717, 1.165) is 0 Å². The number of benzene rings is 1. The summed E-state index contributed by atoms with van der Waals surface area (Å²) in [5, 5.41) is 7.56. The van der Waals surface area contributed by atoms with Crippen LogP contribution in [0.3, 0.4) is 0 Å². The molecule has 0 radical (unpaired) electrons. The first-order valence-electron chi connectivity index (χ1n) is 5.11. The van der Waals surface area contributed by atoms with Gasteiger partial charge in [-0.25, -0.2) is 4.39 Å². The summed E-state index contributed by atoms with van der Waals surface area (Å²) >= 11 is 0. The lowest BCUT2D eigenvalue weighted by Crippen LogP contribution is -2.02. The number of halogens is 1. The molecule has 90 valence electrons. The molecule has 2 aromatic rings. The van der Waals surface area contributed by atoms with Crippen LogP contribution in [-0.4, -0.2) is 23.9 Å². The van der Waals surface area contributed by atoms with Crippen molar-refractivity contribution in [3.8, 4) is 17.2 Å². The van der Waals surface area contributed by atoms with Crippen LogP contribution in [-0.2, 0) is 6.42 Å². The first-order chi connectivity index (χ1) is 8.26. The molecule has 17 heavy (non-hydrogen) atoms. The van der Waals surface area contributed by atoms with Gasteiger partial charge in [0.25, 0.3) is 5.89 Å². The van der Waals surface area contributed by atoms with E-state index >= 15 is 0 Å². The van der Waals surface area contributed by atoms with Gasteiger partial charge in [-0.1, -0.05) is 6.07 Å². The summed E-state index contributed by atoms with van der Waals surface area (Å²) in [5.41, 5.74) is 5.54. The minimum Gasteiger partial charge on any atom is -0.496 e. The van der Waals surface area contributed by atoms with Gasteiger partial charge in [-0.2, -0.15) is 0 Å². The number of nitrogens with zero attached hydrogens (tertiary/aromatic N) is 2. The second-order valence-corrected chi connectivity index (χ2v) is 3.36. The smallest absolute Gasteiger partial charge is 0.254 e. The van der Waals surface area contributed by atoms with E-state index in [1.165, 1.54) is 13.2 Å². The lowest BCUT2D eigenvalue weighted by Gasteiger charge is -2.04. The van der Waals surface area contributed by atoms with Crippen molar-refractivity contribution in [1.82, 2.24) is 10.2 Å². The molecule has 2 N–H and O–H groups in total. The van der Waals surface area contributed by atoms with Crippen LogP contribution >= 0.6 is 0 Å². The Kier molecular flexibility index (Phi) is 3.34. The zero-order valence-corrected chi connectivity index (χ0v) is 9.31. The van der Waals surface area contributed by atoms with Crippen LogP contribution in [0.15, 0.2) is 22.6 Å². The fraction of sp³-hybridized carbons (Fsp3) is 0.273. The largest absolute Gasteiger partial charge is 0.496 e. The molecular weight excluding hydrogens is 225 g/mol. The molecule has 0 aliphatic heterocycles. The van der Waals surface area contributed by atoms with E-state index in [1.54, 1.807) is 12.1 Å². The van der Waals surface area contributed by atoms with Gasteiger partial charge in [-0.15, -0.1) is 10.2 Å². The maximum atomic E-state index is 13.7. The van der Waals surface area contributed by atoms with Crippen molar-refractivity contribution in [2.24, 2.45) is 5.73 Å². The molecule has 5 nitrogen and oxygen atoms in total. The molecule has 0 bridgehead atoms. The first kappa shape index (κ1) is 11.5. The molecular formula is C11H12FN3O2. The molecule has 0 aliphatic rings. The molecule has 0 saturated carbocycles. The molecule has 1 aromatic carbocycles. The van der Waals surface area contributed by atoms with Crippen LogP contribution < -0.4 is 10.5 Å². The maximum Gasteiger partial charge on any atom is 0.254 e. The zero-order valence-electron chi connectivity index (χ0n) is 9.31. The van der Waals surface area contributed by atoms with Gasteiger partial charge in [0.1, 0.15) is 17.1 Å². The standard InChI is InChI=1S/C11H12FN3O2/c1-16-8-4-2-3-7(12)10(8)11-15-14-9(17-11)5-6-13/h2-4H,5-6,13H2,1H3. The fourth-order valence-electron chi connectivity index (χ4n) is 1.46. The van der Waals surface area contributed by atoms with Crippen LogP contribution in [0.4, 0.5) is 4.39 Å². The van der Waals surface area contributed by atoms with Crippen LogP contribution in [0.25, 0.3) is 11.5 Å². The minimum atomic E-state index is -0.465. The van der Waals surface area contributed by atoms with Gasteiger partial charge in [-0.05, 0) is 12.1 Å². The van der Waals surface area contributed by atoms with E-state index < -0.39 is 5.82 Å². The first-order valence-corrected chi connectivity index (χ1v) is 5.11. The number of hydrogen-bond acceptors (Lipinski definition) is 5. The second kappa shape index (κ2) is 4.92. The fourth-order valence-corrected chi connectivity index (χ4v) is 1.46. The molecule has 0 atom stereocenters. The third-order valence-electron chi connectivity index (χ3n) is 2.23. The monoisotopic (exact) mass is 237 g/mol. The molecule has 0 fully saturated rings. The second-order valence-electron chi connectivity index (χ2n) is 3.36. The predicted octanol–water partition coefficient (Wildman–Crippen LogP) is 1.39. The maximum absolute atomic E-state index is 13.7. The Morgan fingerprint density at radius 3 is 2.94 bits per heavy atom. The van der Waals surface area contributed by atoms with Gasteiger partial charge in [0.15, 0.2) is 0 Å². The van der Waals surface area contributed by atoms with E-state index in [9.17, 15) is 4.39 Å². The van der Waals surface area contributed by atoms with Gasteiger partial charge < -0.3 is 14.9 Å². The zero-order chi connectivity index (χ0) is 12.3. The number of methoxy groups -OCH3 is 1. The Hall–Kier alpha value is -1.95. The summed E-state index contributed by atoms with van der Waals surface area (Å²) in [6.07, 6.45) is 0.462. The molecule has 1 heterocycles. The van der Waals surface area contributed by atoms with E-state index in [0.29, 0.717) is 24.6 Å². The molecule has 0 saturated heterocycles. The van der Waals surface area contributed by atoms with Crippen molar-refractivity contribution in [1.29, 1.82) is 0 Å². The van der Waals surface area contributed by atoms with Gasteiger partial charge in [-0.3, -0.25) is 0 Å². The summed E-state index contributed by atoms with van der Waals surface area (Å²) in [6, 6.07) is 4.49. The highest BCUT2D eigenvalue weighted by Gasteiger charge is 2.17. The van der Waals surface area contributed by atoms with Gasteiger partial charge in [0, 0.05) is 13.0 Å². The quantitative estimate of drug-likeness (QED) is 0.869. The van der Waals surface area contributed by atoms with Crippen molar-refractivity contribution in [2.45, 2.75) is 6.42 Å². The third-order valence-corrected chi connectivity index (χ3v) is 2.23. The summed E-state index contributed by atoms with van der Waals surface area (Å²) in [7, 11) is 1.45. The molecule has 2 rings (SSSR count). The number of nitrogens with two attached hydrogens (primary N) is 1. The van der Waals surface area contributed by atoms with Gasteiger partial charge >= 0.3 is 0 Å². The van der Waals surface area contributed by atoms with Crippen molar-refractivity contribution in [2.75, 3.05) is 13.7 Å². The van der Waals surface area contributed by atoms with Crippen molar-refractivity contribution < 1.29 is 13.5 Å². The molecule has 1 aromatic heterocycles. The highest BCUT2D eigenvalue weighted by molar-refractivity contribution is 5.63. The minimum absolute atomic E-state index is 0.100. The third kappa shape index (κ3) is 2.26. The Morgan fingerprint density at radius 2 is 2.24 bits per heavy atom. The lowest BCUT2D eigenvalue weighted by atomic mass is 10.2. The topological polar surface area (TPSA) is 74.2 Å². The average molecular weight is 237 g/mol. The van der Waals surface area contributed by atoms with E-state index in [2.05, 4.69) is 10.2 Å². The molecule has 0 unspecified atom stereocenters. The number of aromatic nitrogens is 2. The summed E-state index contributed by atoms with van der Waals surface area (Å²) in [4.78, 5) is 0. The molecule has 0 aliphatic carbocycles. The number of ether oxygens (including phenoxy) is 1. The van der Waals surface area contributed by atoms with Crippen LogP contribution in [0, 0.1) is 5.82 Å². The molecule has 0 spiro atoms. The van der Waals surface area contributed by atoms with E-state index in [1.807, 2.05) is 0 Å². The van der Waals surface area contributed by atoms with Crippen LogP contribution in [0.5, 0.6) is 5.75 Å². The van der Waals surface area contributed by atoms with Gasteiger partial charge in [0.05, 0.1) is 7.11 Å². The van der Waals surface area contributed by atoms with Gasteiger partial charge in [0.2, 0.25) is 5.89 Å². The summed E-state index contributed by atoms with van der Waals surface area (Å²) in [5.74, 6) is 0.372. The SMILES string of the molecule is COc1cccc(F)c1-c1nnc(CCN)o1. The average Bonchev–Trinajstić information content (AvgIpc) is 2.77. The summed E-state index contributed by atoms with van der Waals surface area (Å²) < 4.78 is 24.1. The van der Waals surface area contributed by atoms with Crippen LogP contribution in [0.2, 0.25) is 0 Å². The van der Waals surface area contributed by atoms with E-state index in [4.69, 9.17) is 14.9 Å². The Labute approximate surface area is 97.4 Å². The Balaban J connectivity index is 2.44. The normalized spacial score (nSPS) is 10.5. The lowest BCUT2D eigenvalue weighted by molar-refractivity contribution is 0.409. The highest BCUT2D eigenvalue weighted by Crippen LogP contribution is 2.31. The predicted molar refractivity (Wildman–Crippen MR) is 59.0 cm³/mol. The van der Waals surface area contributed by atoms with E-state index in [-0.39, 0.29) is 11.5 Å². The van der Waals surface area contributed by atoms with Crippen molar-refractivity contribution in [3.63, 3.8) is 0 Å². The number of rotatable bonds is 4. The van der Waals surface area contributed by atoms with Crippen molar-refractivity contribution in [3.05, 3.63) is 29.9 Å². The van der Waals surface area contributed by atoms with Crippen molar-refractivity contribution >= 4 is 0 Å². The summed E-state index contributed by atoms with van der Waals surface area (Å²) in [6.45, 7) is 0.399. The Morgan fingerprint density at radius 1 is 1.41 bits per heavy atom. The highest BCUT2D eigenvalue weighted by atomic mass is 19.1. The Bertz CT molecular complexity index is 513. The number of hydrogen-bond donors (Lipinski definition) is 1. The molecule has 0 amide bonds. The molecule has 6 heteroatoms.